The van der Waals surface area contributed by atoms with Crippen molar-refractivity contribution in [1.82, 2.24) is 14.9 Å². The monoisotopic (exact) mass is 251 g/mol. The lowest BCUT2D eigenvalue weighted by atomic mass is 10.1. The number of imidazole rings is 1. The average Bonchev–Trinajstić information content (AvgIpc) is 2.61. The fourth-order valence-electron chi connectivity index (χ4n) is 1.92. The standard InChI is InChI=1S/C13H15F2N3/c1-8-17-13(12(7-16-2)18(8)3)10-6-9(14)4-5-11(10)15/h4-6,16H,7H2,1-3H3. The summed E-state index contributed by atoms with van der Waals surface area (Å²) in [5.74, 6) is -0.170. The van der Waals surface area contributed by atoms with E-state index in [2.05, 4.69) is 10.3 Å². The molecule has 0 radical (unpaired) electrons. The summed E-state index contributed by atoms with van der Waals surface area (Å²) in [6, 6.07) is 3.40. The van der Waals surface area contributed by atoms with Crippen LogP contribution in [0.3, 0.4) is 0 Å². The molecule has 0 fully saturated rings. The Bertz CT molecular complexity index is 576. The first-order valence-corrected chi connectivity index (χ1v) is 5.66. The van der Waals surface area contributed by atoms with Gasteiger partial charge in [0.05, 0.1) is 11.4 Å². The van der Waals surface area contributed by atoms with Gasteiger partial charge in [-0.05, 0) is 32.2 Å². The van der Waals surface area contributed by atoms with E-state index in [0.717, 1.165) is 23.7 Å². The van der Waals surface area contributed by atoms with Crippen molar-refractivity contribution in [2.45, 2.75) is 13.5 Å². The highest BCUT2D eigenvalue weighted by Crippen LogP contribution is 2.26. The molecule has 3 nitrogen and oxygen atoms in total. The smallest absolute Gasteiger partial charge is 0.132 e. The van der Waals surface area contributed by atoms with Crippen molar-refractivity contribution in [3.05, 3.63) is 41.4 Å². The summed E-state index contributed by atoms with van der Waals surface area (Å²) in [5.41, 5.74) is 1.52. The summed E-state index contributed by atoms with van der Waals surface area (Å²) < 4.78 is 28.9. The van der Waals surface area contributed by atoms with Crippen LogP contribution in [0.2, 0.25) is 0 Å². The van der Waals surface area contributed by atoms with Crippen LogP contribution in [0.15, 0.2) is 18.2 Å². The first kappa shape index (κ1) is 12.7. The van der Waals surface area contributed by atoms with Gasteiger partial charge in [-0.1, -0.05) is 0 Å². The Hall–Kier alpha value is -1.75. The Morgan fingerprint density at radius 2 is 2.06 bits per heavy atom. The van der Waals surface area contributed by atoms with E-state index in [4.69, 9.17) is 0 Å². The second-order valence-corrected chi connectivity index (χ2v) is 4.17. The Labute approximate surface area is 104 Å². The van der Waals surface area contributed by atoms with Crippen LogP contribution in [0.5, 0.6) is 0 Å². The van der Waals surface area contributed by atoms with Crippen molar-refractivity contribution < 1.29 is 8.78 Å². The normalized spacial score (nSPS) is 10.9. The zero-order chi connectivity index (χ0) is 13.3. The topological polar surface area (TPSA) is 29.9 Å². The van der Waals surface area contributed by atoms with Crippen molar-refractivity contribution in [1.29, 1.82) is 0 Å². The van der Waals surface area contributed by atoms with Crippen LogP contribution >= 0.6 is 0 Å². The van der Waals surface area contributed by atoms with Crippen LogP contribution in [0, 0.1) is 18.6 Å². The molecular formula is C13H15F2N3. The second kappa shape index (κ2) is 4.86. The first-order chi connectivity index (χ1) is 8.54. The highest BCUT2D eigenvalue weighted by molar-refractivity contribution is 5.63. The molecule has 0 aliphatic heterocycles. The van der Waals surface area contributed by atoms with Crippen molar-refractivity contribution in [3.63, 3.8) is 0 Å². The van der Waals surface area contributed by atoms with E-state index in [1.165, 1.54) is 6.07 Å². The maximum atomic E-state index is 13.8. The van der Waals surface area contributed by atoms with E-state index in [9.17, 15) is 8.78 Å². The van der Waals surface area contributed by atoms with Crippen LogP contribution in [-0.2, 0) is 13.6 Å². The van der Waals surface area contributed by atoms with Crippen molar-refractivity contribution in [2.75, 3.05) is 7.05 Å². The molecule has 0 unspecified atom stereocenters. The van der Waals surface area contributed by atoms with E-state index in [-0.39, 0.29) is 5.56 Å². The van der Waals surface area contributed by atoms with Crippen LogP contribution in [0.4, 0.5) is 8.78 Å². The van der Waals surface area contributed by atoms with Gasteiger partial charge in [0.1, 0.15) is 17.5 Å². The summed E-state index contributed by atoms with van der Waals surface area (Å²) in [6.45, 7) is 2.38. The summed E-state index contributed by atoms with van der Waals surface area (Å²) in [7, 11) is 3.66. The Morgan fingerprint density at radius 1 is 1.33 bits per heavy atom. The van der Waals surface area contributed by atoms with Crippen LogP contribution in [0.25, 0.3) is 11.3 Å². The Kier molecular flexibility index (Phi) is 3.43. The lowest BCUT2D eigenvalue weighted by molar-refractivity contribution is 0.602. The van der Waals surface area contributed by atoms with Gasteiger partial charge in [0, 0.05) is 19.2 Å². The minimum atomic E-state index is -0.467. The summed E-state index contributed by atoms with van der Waals surface area (Å²) >= 11 is 0. The fourth-order valence-corrected chi connectivity index (χ4v) is 1.92. The van der Waals surface area contributed by atoms with E-state index in [1.807, 2.05) is 18.5 Å². The quantitative estimate of drug-likeness (QED) is 0.907. The van der Waals surface area contributed by atoms with Gasteiger partial charge in [0.2, 0.25) is 0 Å². The highest BCUT2D eigenvalue weighted by Gasteiger charge is 2.17. The number of nitrogens with one attached hydrogen (secondary N) is 1. The molecule has 1 heterocycles. The van der Waals surface area contributed by atoms with Gasteiger partial charge in [-0.25, -0.2) is 13.8 Å². The van der Waals surface area contributed by atoms with Gasteiger partial charge < -0.3 is 9.88 Å². The zero-order valence-electron chi connectivity index (χ0n) is 10.6. The Balaban J connectivity index is 2.63. The number of halogens is 2. The number of hydrogen-bond donors (Lipinski definition) is 1. The van der Waals surface area contributed by atoms with Crippen molar-refractivity contribution in [2.24, 2.45) is 7.05 Å². The SMILES string of the molecule is CNCc1c(-c2cc(F)ccc2F)nc(C)n1C. The molecule has 1 N–H and O–H groups in total. The molecule has 1 aromatic carbocycles. The maximum absolute atomic E-state index is 13.8. The Morgan fingerprint density at radius 3 is 2.72 bits per heavy atom. The third-order valence-electron chi connectivity index (χ3n) is 2.96. The lowest BCUT2D eigenvalue weighted by Gasteiger charge is -2.07. The molecule has 1 aromatic heterocycles. The average molecular weight is 251 g/mol. The number of benzene rings is 1. The molecule has 0 aliphatic rings. The van der Waals surface area contributed by atoms with E-state index in [0.29, 0.717) is 12.2 Å². The lowest BCUT2D eigenvalue weighted by Crippen LogP contribution is -2.10. The predicted octanol–water partition coefficient (Wildman–Crippen LogP) is 2.39. The second-order valence-electron chi connectivity index (χ2n) is 4.17. The fraction of sp³-hybridized carbons (Fsp3) is 0.308. The molecule has 18 heavy (non-hydrogen) atoms. The number of aromatic nitrogens is 2. The number of hydrogen-bond acceptors (Lipinski definition) is 2. The molecule has 0 amide bonds. The molecule has 0 atom stereocenters. The molecule has 0 bridgehead atoms. The number of nitrogens with zero attached hydrogens (tertiary/aromatic N) is 2. The van der Waals surface area contributed by atoms with Gasteiger partial charge in [-0.3, -0.25) is 0 Å². The van der Waals surface area contributed by atoms with Gasteiger partial charge in [-0.15, -0.1) is 0 Å². The molecule has 0 saturated heterocycles. The van der Waals surface area contributed by atoms with E-state index in [1.54, 1.807) is 7.05 Å². The van der Waals surface area contributed by atoms with E-state index >= 15 is 0 Å². The molecule has 2 aromatic rings. The first-order valence-electron chi connectivity index (χ1n) is 5.66. The largest absolute Gasteiger partial charge is 0.334 e. The predicted molar refractivity (Wildman–Crippen MR) is 66.1 cm³/mol. The molecule has 0 aliphatic carbocycles. The highest BCUT2D eigenvalue weighted by atomic mass is 19.1. The van der Waals surface area contributed by atoms with Gasteiger partial charge >= 0.3 is 0 Å². The van der Waals surface area contributed by atoms with Crippen LogP contribution in [0.1, 0.15) is 11.5 Å². The summed E-state index contributed by atoms with van der Waals surface area (Å²) in [4.78, 5) is 4.32. The third-order valence-corrected chi connectivity index (χ3v) is 2.96. The minimum Gasteiger partial charge on any atom is -0.334 e. The maximum Gasteiger partial charge on any atom is 0.132 e. The molecular weight excluding hydrogens is 236 g/mol. The zero-order valence-corrected chi connectivity index (χ0v) is 10.6. The van der Waals surface area contributed by atoms with Gasteiger partial charge in [0.15, 0.2) is 0 Å². The molecule has 0 saturated carbocycles. The summed E-state index contributed by atoms with van der Waals surface area (Å²) in [6.07, 6.45) is 0. The summed E-state index contributed by atoms with van der Waals surface area (Å²) in [5, 5.41) is 3.01. The van der Waals surface area contributed by atoms with E-state index < -0.39 is 11.6 Å². The number of aryl methyl sites for hydroxylation is 1. The van der Waals surface area contributed by atoms with Gasteiger partial charge in [-0.2, -0.15) is 0 Å². The van der Waals surface area contributed by atoms with Crippen molar-refractivity contribution >= 4 is 0 Å². The molecule has 0 spiro atoms. The third kappa shape index (κ3) is 2.13. The molecule has 5 heteroatoms. The molecule has 2 rings (SSSR count). The van der Waals surface area contributed by atoms with Gasteiger partial charge in [0.25, 0.3) is 0 Å². The minimum absolute atomic E-state index is 0.198. The van der Waals surface area contributed by atoms with Crippen LogP contribution < -0.4 is 5.32 Å². The molecule has 96 valence electrons. The van der Waals surface area contributed by atoms with Crippen molar-refractivity contribution in [3.8, 4) is 11.3 Å². The van der Waals surface area contributed by atoms with Crippen LogP contribution in [-0.4, -0.2) is 16.6 Å². The number of rotatable bonds is 3.